The van der Waals surface area contributed by atoms with Crippen molar-refractivity contribution in [2.75, 3.05) is 0 Å². The Labute approximate surface area is 156 Å². The monoisotopic (exact) mass is 363 g/mol. The van der Waals surface area contributed by atoms with Crippen molar-refractivity contribution < 1.29 is 14.0 Å². The van der Waals surface area contributed by atoms with E-state index in [1.54, 1.807) is 42.6 Å². The minimum Gasteiger partial charge on any atom is -0.348 e. The number of pyridine rings is 1. The van der Waals surface area contributed by atoms with Gasteiger partial charge in [-0.15, -0.1) is 0 Å². The third-order valence-corrected chi connectivity index (χ3v) is 3.91. The van der Waals surface area contributed by atoms with Gasteiger partial charge in [0.2, 0.25) is 0 Å². The third kappa shape index (κ3) is 5.22. The molecule has 2 N–H and O–H groups in total. The van der Waals surface area contributed by atoms with Gasteiger partial charge in [0.1, 0.15) is 5.82 Å². The maximum Gasteiger partial charge on any atom is 0.251 e. The summed E-state index contributed by atoms with van der Waals surface area (Å²) in [6, 6.07) is 17.8. The van der Waals surface area contributed by atoms with Crippen LogP contribution < -0.4 is 10.6 Å². The number of amides is 2. The summed E-state index contributed by atoms with van der Waals surface area (Å²) >= 11 is 0. The van der Waals surface area contributed by atoms with Gasteiger partial charge >= 0.3 is 0 Å². The van der Waals surface area contributed by atoms with E-state index in [-0.39, 0.29) is 24.2 Å². The van der Waals surface area contributed by atoms with Gasteiger partial charge in [0.25, 0.3) is 11.8 Å². The lowest BCUT2D eigenvalue weighted by Gasteiger charge is -2.08. The van der Waals surface area contributed by atoms with Crippen LogP contribution >= 0.6 is 0 Å². The Bertz CT molecular complexity index is 928. The van der Waals surface area contributed by atoms with E-state index in [0.717, 1.165) is 11.3 Å². The highest BCUT2D eigenvalue weighted by molar-refractivity contribution is 5.99. The molecule has 1 heterocycles. The highest BCUT2D eigenvalue weighted by Gasteiger charge is 2.10. The van der Waals surface area contributed by atoms with Crippen LogP contribution in [0.5, 0.6) is 0 Å². The predicted octanol–water partition coefficient (Wildman–Crippen LogP) is 3.08. The zero-order chi connectivity index (χ0) is 19.1. The van der Waals surface area contributed by atoms with Crippen molar-refractivity contribution >= 4 is 11.8 Å². The fraction of sp³-hybridized carbons (Fsp3) is 0.0952. The van der Waals surface area contributed by atoms with Gasteiger partial charge in [-0.05, 0) is 48.0 Å². The average molecular weight is 363 g/mol. The SMILES string of the molecule is O=C(NCc1ccc(F)cc1)c1cccc(C(=O)NCc2ccccn2)c1. The van der Waals surface area contributed by atoms with Gasteiger partial charge < -0.3 is 10.6 Å². The number of carbonyl (C=O) groups is 2. The zero-order valence-electron chi connectivity index (χ0n) is 14.5. The second-order valence-electron chi connectivity index (χ2n) is 5.89. The molecule has 5 nitrogen and oxygen atoms in total. The van der Waals surface area contributed by atoms with Crippen molar-refractivity contribution in [3.8, 4) is 0 Å². The molecule has 1 aromatic heterocycles. The molecule has 2 aromatic carbocycles. The number of benzene rings is 2. The number of hydrogen-bond donors (Lipinski definition) is 2. The summed E-state index contributed by atoms with van der Waals surface area (Å²) in [5.41, 5.74) is 2.30. The molecule has 0 saturated heterocycles. The van der Waals surface area contributed by atoms with E-state index in [4.69, 9.17) is 0 Å². The van der Waals surface area contributed by atoms with E-state index >= 15 is 0 Å². The number of aromatic nitrogens is 1. The number of carbonyl (C=O) groups excluding carboxylic acids is 2. The Morgan fingerprint density at radius 2 is 1.48 bits per heavy atom. The zero-order valence-corrected chi connectivity index (χ0v) is 14.5. The normalized spacial score (nSPS) is 10.3. The summed E-state index contributed by atoms with van der Waals surface area (Å²) in [6.45, 7) is 0.579. The van der Waals surface area contributed by atoms with Crippen molar-refractivity contribution in [2.24, 2.45) is 0 Å². The van der Waals surface area contributed by atoms with E-state index in [1.807, 2.05) is 12.1 Å². The van der Waals surface area contributed by atoms with Gasteiger partial charge in [0.15, 0.2) is 0 Å². The molecule has 136 valence electrons. The number of hydrogen-bond acceptors (Lipinski definition) is 3. The molecular weight excluding hydrogens is 345 g/mol. The molecule has 0 unspecified atom stereocenters. The van der Waals surface area contributed by atoms with Crippen LogP contribution in [0.15, 0.2) is 72.9 Å². The fourth-order valence-corrected chi connectivity index (χ4v) is 2.46. The maximum atomic E-state index is 12.9. The van der Waals surface area contributed by atoms with Crippen LogP contribution in [0.25, 0.3) is 0 Å². The minimum absolute atomic E-state index is 0.273. The number of nitrogens with zero attached hydrogens (tertiary/aromatic N) is 1. The Morgan fingerprint density at radius 3 is 2.11 bits per heavy atom. The molecule has 0 spiro atoms. The van der Waals surface area contributed by atoms with Gasteiger partial charge in [0.05, 0.1) is 12.2 Å². The molecule has 3 aromatic rings. The van der Waals surface area contributed by atoms with Crippen molar-refractivity contribution in [2.45, 2.75) is 13.1 Å². The van der Waals surface area contributed by atoms with Crippen molar-refractivity contribution in [1.29, 1.82) is 0 Å². The first kappa shape index (κ1) is 18.3. The Kier molecular flexibility index (Phi) is 5.89. The first-order valence-corrected chi connectivity index (χ1v) is 8.42. The minimum atomic E-state index is -0.325. The molecule has 0 aliphatic carbocycles. The third-order valence-electron chi connectivity index (χ3n) is 3.91. The van der Waals surface area contributed by atoms with Crippen LogP contribution in [0.2, 0.25) is 0 Å². The molecule has 0 fully saturated rings. The molecule has 0 aliphatic rings. The molecule has 0 saturated carbocycles. The summed E-state index contributed by atoms with van der Waals surface area (Å²) in [5, 5.41) is 5.53. The predicted molar refractivity (Wildman–Crippen MR) is 99.4 cm³/mol. The molecule has 6 heteroatoms. The summed E-state index contributed by atoms with van der Waals surface area (Å²) in [6.07, 6.45) is 1.66. The lowest BCUT2D eigenvalue weighted by atomic mass is 10.1. The van der Waals surface area contributed by atoms with E-state index in [0.29, 0.717) is 17.7 Å². The van der Waals surface area contributed by atoms with Crippen LogP contribution in [0.1, 0.15) is 32.0 Å². The van der Waals surface area contributed by atoms with E-state index in [9.17, 15) is 14.0 Å². The van der Waals surface area contributed by atoms with Crippen LogP contribution in [-0.2, 0) is 13.1 Å². The standard InChI is InChI=1S/C21H18FN3O2/c22-18-9-7-15(8-10-18)13-24-20(26)16-4-3-5-17(12-16)21(27)25-14-19-6-1-2-11-23-19/h1-12H,13-14H2,(H,24,26)(H,25,27). The van der Waals surface area contributed by atoms with Crippen molar-refractivity contribution in [3.63, 3.8) is 0 Å². The largest absolute Gasteiger partial charge is 0.348 e. The summed E-state index contributed by atoms with van der Waals surface area (Å²) in [5.74, 6) is -0.915. The summed E-state index contributed by atoms with van der Waals surface area (Å²) in [7, 11) is 0. The van der Waals surface area contributed by atoms with Crippen molar-refractivity contribution in [1.82, 2.24) is 15.6 Å². The average Bonchev–Trinajstić information content (AvgIpc) is 2.72. The fourth-order valence-electron chi connectivity index (χ4n) is 2.46. The van der Waals surface area contributed by atoms with Gasteiger partial charge in [-0.1, -0.05) is 24.3 Å². The number of nitrogens with one attached hydrogen (secondary N) is 2. The quantitative estimate of drug-likeness (QED) is 0.707. The lowest BCUT2D eigenvalue weighted by molar-refractivity contribution is 0.0950. The molecule has 3 rings (SSSR count). The van der Waals surface area contributed by atoms with Gasteiger partial charge in [-0.3, -0.25) is 14.6 Å². The first-order chi connectivity index (χ1) is 13.1. The smallest absolute Gasteiger partial charge is 0.251 e. The topological polar surface area (TPSA) is 71.1 Å². The van der Waals surface area contributed by atoms with Gasteiger partial charge in [-0.2, -0.15) is 0 Å². The van der Waals surface area contributed by atoms with Gasteiger partial charge in [0, 0.05) is 23.9 Å². The second kappa shape index (κ2) is 8.71. The van der Waals surface area contributed by atoms with E-state index in [1.165, 1.54) is 18.2 Å². The van der Waals surface area contributed by atoms with Crippen LogP contribution in [0, 0.1) is 5.82 Å². The first-order valence-electron chi connectivity index (χ1n) is 8.42. The molecule has 0 radical (unpaired) electrons. The number of rotatable bonds is 6. The molecule has 2 amide bonds. The lowest BCUT2D eigenvalue weighted by Crippen LogP contribution is -2.25. The highest BCUT2D eigenvalue weighted by atomic mass is 19.1. The maximum absolute atomic E-state index is 12.9. The summed E-state index contributed by atoms with van der Waals surface area (Å²) < 4.78 is 12.9. The van der Waals surface area contributed by atoms with E-state index < -0.39 is 0 Å². The molecule has 0 bridgehead atoms. The second-order valence-corrected chi connectivity index (χ2v) is 5.89. The van der Waals surface area contributed by atoms with Crippen LogP contribution in [-0.4, -0.2) is 16.8 Å². The number of halogens is 1. The van der Waals surface area contributed by atoms with Crippen LogP contribution in [0.3, 0.4) is 0 Å². The molecular formula is C21H18FN3O2. The Hall–Kier alpha value is -3.54. The van der Waals surface area contributed by atoms with Crippen LogP contribution in [0.4, 0.5) is 4.39 Å². The molecule has 0 atom stereocenters. The van der Waals surface area contributed by atoms with Crippen molar-refractivity contribution in [3.05, 3.63) is 101 Å². The van der Waals surface area contributed by atoms with E-state index in [2.05, 4.69) is 15.6 Å². The summed E-state index contributed by atoms with van der Waals surface area (Å²) in [4.78, 5) is 28.8. The highest BCUT2D eigenvalue weighted by Crippen LogP contribution is 2.07. The Morgan fingerprint density at radius 1 is 0.815 bits per heavy atom. The molecule has 27 heavy (non-hydrogen) atoms. The molecule has 0 aliphatic heterocycles. The Balaban J connectivity index is 1.59. The van der Waals surface area contributed by atoms with Gasteiger partial charge in [-0.25, -0.2) is 4.39 Å².